The van der Waals surface area contributed by atoms with E-state index in [4.69, 9.17) is 0 Å². The molecule has 2 amide bonds. The van der Waals surface area contributed by atoms with Gasteiger partial charge in [-0.1, -0.05) is 6.92 Å². The summed E-state index contributed by atoms with van der Waals surface area (Å²) in [5.74, 6) is 0.392. The van der Waals surface area contributed by atoms with Crippen LogP contribution in [0.2, 0.25) is 0 Å². The van der Waals surface area contributed by atoms with Gasteiger partial charge in [0.1, 0.15) is 12.1 Å². The molecule has 2 fully saturated rings. The van der Waals surface area contributed by atoms with E-state index in [1.165, 1.54) is 0 Å². The second-order valence-electron chi connectivity index (χ2n) is 4.94. The van der Waals surface area contributed by atoms with Crippen LogP contribution < -0.4 is 10.2 Å². The fourth-order valence-electron chi connectivity index (χ4n) is 2.55. The lowest BCUT2D eigenvalue weighted by molar-refractivity contribution is -0.134. The predicted molar refractivity (Wildman–Crippen MR) is 70.5 cm³/mol. The summed E-state index contributed by atoms with van der Waals surface area (Å²) in [6.07, 6.45) is 2.74. The Morgan fingerprint density at radius 3 is 2.78 bits per heavy atom. The topological polar surface area (TPSA) is 49.4 Å². The minimum atomic E-state index is -0.359. The van der Waals surface area contributed by atoms with E-state index < -0.39 is 0 Å². The largest absolute Gasteiger partial charge is 0.342 e. The van der Waals surface area contributed by atoms with Crippen molar-refractivity contribution in [1.29, 1.82) is 0 Å². The van der Waals surface area contributed by atoms with Gasteiger partial charge < -0.3 is 5.32 Å². The number of nitrogens with zero attached hydrogens (tertiary/aromatic N) is 1. The zero-order chi connectivity index (χ0) is 12.7. The Morgan fingerprint density at radius 1 is 1.44 bits per heavy atom. The lowest BCUT2D eigenvalue weighted by Crippen LogP contribution is -2.64. The summed E-state index contributed by atoms with van der Waals surface area (Å²) >= 11 is 1.55. The SMILES string of the molecule is CCC1C(=O)NC(C2CC2)C(=O)N1c1ccsc1. The van der Waals surface area contributed by atoms with Gasteiger partial charge in [-0.3, -0.25) is 14.5 Å². The lowest BCUT2D eigenvalue weighted by atomic mass is 10.0. The van der Waals surface area contributed by atoms with Gasteiger partial charge in [0.2, 0.25) is 5.91 Å². The molecule has 0 aromatic carbocycles. The maximum atomic E-state index is 12.5. The van der Waals surface area contributed by atoms with Crippen molar-refractivity contribution in [3.8, 4) is 0 Å². The molecule has 5 heteroatoms. The van der Waals surface area contributed by atoms with E-state index in [0.717, 1.165) is 18.5 Å². The summed E-state index contributed by atoms with van der Waals surface area (Å²) in [7, 11) is 0. The quantitative estimate of drug-likeness (QED) is 0.904. The highest BCUT2D eigenvalue weighted by Crippen LogP contribution is 2.36. The van der Waals surface area contributed by atoms with Crippen molar-refractivity contribution < 1.29 is 9.59 Å². The molecule has 2 atom stereocenters. The molecule has 1 saturated heterocycles. The first-order chi connectivity index (χ1) is 8.72. The molecule has 1 aliphatic heterocycles. The zero-order valence-corrected chi connectivity index (χ0v) is 11.1. The van der Waals surface area contributed by atoms with E-state index in [2.05, 4.69) is 5.32 Å². The van der Waals surface area contributed by atoms with E-state index >= 15 is 0 Å². The molecule has 2 aliphatic rings. The van der Waals surface area contributed by atoms with Crippen molar-refractivity contribution >= 4 is 28.8 Å². The van der Waals surface area contributed by atoms with Crippen molar-refractivity contribution in [2.75, 3.05) is 4.90 Å². The maximum absolute atomic E-state index is 12.5. The van der Waals surface area contributed by atoms with Crippen LogP contribution in [0.1, 0.15) is 26.2 Å². The average molecular weight is 264 g/mol. The third-order valence-corrected chi connectivity index (χ3v) is 4.35. The Balaban J connectivity index is 1.94. The first-order valence-electron chi connectivity index (χ1n) is 6.38. The van der Waals surface area contributed by atoms with Crippen LogP contribution in [0.3, 0.4) is 0 Å². The average Bonchev–Trinajstić information content (AvgIpc) is 3.06. The molecule has 96 valence electrons. The van der Waals surface area contributed by atoms with Gasteiger partial charge >= 0.3 is 0 Å². The van der Waals surface area contributed by atoms with Gasteiger partial charge in [0.15, 0.2) is 0 Å². The number of hydrogen-bond donors (Lipinski definition) is 1. The van der Waals surface area contributed by atoms with Crippen LogP contribution in [0.5, 0.6) is 0 Å². The highest BCUT2D eigenvalue weighted by molar-refractivity contribution is 7.08. The van der Waals surface area contributed by atoms with E-state index in [-0.39, 0.29) is 23.9 Å². The van der Waals surface area contributed by atoms with E-state index in [1.54, 1.807) is 16.2 Å². The van der Waals surface area contributed by atoms with Gasteiger partial charge in [-0.25, -0.2) is 0 Å². The van der Waals surface area contributed by atoms with Gasteiger partial charge in [0, 0.05) is 5.38 Å². The lowest BCUT2D eigenvalue weighted by Gasteiger charge is -2.38. The summed E-state index contributed by atoms with van der Waals surface area (Å²) in [5.41, 5.74) is 0.859. The molecule has 0 bridgehead atoms. The number of amides is 2. The number of anilines is 1. The third-order valence-electron chi connectivity index (χ3n) is 3.68. The predicted octanol–water partition coefficient (Wildman–Crippen LogP) is 1.77. The third kappa shape index (κ3) is 1.82. The number of carbonyl (C=O) groups excluding carboxylic acids is 2. The smallest absolute Gasteiger partial charge is 0.250 e. The molecule has 18 heavy (non-hydrogen) atoms. The Bertz CT molecular complexity index is 467. The standard InChI is InChI=1S/C13H16N2O2S/c1-2-10-12(16)14-11(8-3-4-8)13(17)15(10)9-5-6-18-7-9/h5-8,10-11H,2-4H2,1H3,(H,14,16). The van der Waals surface area contributed by atoms with Crippen LogP contribution in [0.4, 0.5) is 5.69 Å². The molecule has 1 aromatic rings. The van der Waals surface area contributed by atoms with Crippen LogP contribution in [0.15, 0.2) is 16.8 Å². The Kier molecular flexibility index (Phi) is 2.86. The van der Waals surface area contributed by atoms with Crippen LogP contribution in [0.25, 0.3) is 0 Å². The first kappa shape index (κ1) is 11.7. The summed E-state index contributed by atoms with van der Waals surface area (Å²) in [5, 5.41) is 6.77. The highest BCUT2D eigenvalue weighted by atomic mass is 32.1. The normalized spacial score (nSPS) is 28.4. The van der Waals surface area contributed by atoms with Crippen molar-refractivity contribution in [2.24, 2.45) is 5.92 Å². The number of nitrogens with one attached hydrogen (secondary N) is 1. The van der Waals surface area contributed by atoms with Gasteiger partial charge in [0.05, 0.1) is 5.69 Å². The number of hydrogen-bond acceptors (Lipinski definition) is 3. The monoisotopic (exact) mass is 264 g/mol. The number of piperazine rings is 1. The van der Waals surface area contributed by atoms with Crippen LogP contribution >= 0.6 is 11.3 Å². The van der Waals surface area contributed by atoms with Crippen molar-refractivity contribution in [3.05, 3.63) is 16.8 Å². The minimum absolute atomic E-state index is 0.0137. The molecular weight excluding hydrogens is 248 g/mol. The van der Waals surface area contributed by atoms with Gasteiger partial charge in [0.25, 0.3) is 5.91 Å². The summed E-state index contributed by atoms with van der Waals surface area (Å²) in [6.45, 7) is 1.94. The van der Waals surface area contributed by atoms with Crippen LogP contribution in [-0.4, -0.2) is 23.9 Å². The molecule has 2 heterocycles. The van der Waals surface area contributed by atoms with Crippen molar-refractivity contribution in [3.63, 3.8) is 0 Å². The molecule has 1 aromatic heterocycles. The van der Waals surface area contributed by atoms with Gasteiger partial charge in [-0.15, -0.1) is 0 Å². The van der Waals surface area contributed by atoms with Gasteiger partial charge in [-0.05, 0) is 36.6 Å². The zero-order valence-electron chi connectivity index (χ0n) is 10.3. The van der Waals surface area contributed by atoms with E-state index in [0.29, 0.717) is 12.3 Å². The molecule has 4 nitrogen and oxygen atoms in total. The highest BCUT2D eigenvalue weighted by Gasteiger charge is 2.46. The fourth-order valence-corrected chi connectivity index (χ4v) is 3.18. The minimum Gasteiger partial charge on any atom is -0.342 e. The Morgan fingerprint density at radius 2 is 2.22 bits per heavy atom. The van der Waals surface area contributed by atoms with Crippen molar-refractivity contribution in [1.82, 2.24) is 5.32 Å². The van der Waals surface area contributed by atoms with Gasteiger partial charge in [-0.2, -0.15) is 11.3 Å². The number of thiophene rings is 1. The van der Waals surface area contributed by atoms with E-state index in [1.807, 2.05) is 23.8 Å². The number of carbonyl (C=O) groups is 2. The van der Waals surface area contributed by atoms with E-state index in [9.17, 15) is 9.59 Å². The fraction of sp³-hybridized carbons (Fsp3) is 0.538. The molecule has 0 radical (unpaired) electrons. The second-order valence-corrected chi connectivity index (χ2v) is 5.72. The second kappa shape index (κ2) is 4.39. The van der Waals surface area contributed by atoms with Crippen LogP contribution in [-0.2, 0) is 9.59 Å². The first-order valence-corrected chi connectivity index (χ1v) is 7.32. The molecule has 1 aliphatic carbocycles. The molecular formula is C13H16N2O2S. The molecule has 0 spiro atoms. The van der Waals surface area contributed by atoms with Crippen LogP contribution in [0, 0.1) is 5.92 Å². The summed E-state index contributed by atoms with van der Waals surface area (Å²) in [6, 6.07) is 1.25. The van der Waals surface area contributed by atoms with Crippen molar-refractivity contribution in [2.45, 2.75) is 38.3 Å². The Hall–Kier alpha value is -1.36. The number of rotatable bonds is 3. The maximum Gasteiger partial charge on any atom is 0.250 e. The summed E-state index contributed by atoms with van der Waals surface area (Å²) in [4.78, 5) is 26.3. The summed E-state index contributed by atoms with van der Waals surface area (Å²) < 4.78 is 0. The Labute approximate surface area is 110 Å². The molecule has 1 N–H and O–H groups in total. The molecule has 2 unspecified atom stereocenters. The molecule has 1 saturated carbocycles. The molecule has 3 rings (SSSR count).